The van der Waals surface area contributed by atoms with Crippen molar-refractivity contribution in [3.05, 3.63) is 106 Å². The van der Waals surface area contributed by atoms with Crippen LogP contribution in [-0.2, 0) is 11.2 Å². The van der Waals surface area contributed by atoms with E-state index >= 15 is 0 Å². The van der Waals surface area contributed by atoms with Gasteiger partial charge in [0.15, 0.2) is 0 Å². The zero-order valence-corrected chi connectivity index (χ0v) is 18.1. The van der Waals surface area contributed by atoms with Gasteiger partial charge in [-0.1, -0.05) is 66.2 Å². The van der Waals surface area contributed by atoms with Gasteiger partial charge in [0.1, 0.15) is 5.82 Å². The topological polar surface area (TPSA) is 20.3 Å². The SMILES string of the molecule is O=C(/C(=C/c1ccc(Cl)cc1)c1ccc(F)cc1)N1CCC(Cc2ccccc2)CC1. The van der Waals surface area contributed by atoms with Crippen molar-refractivity contribution in [3.8, 4) is 0 Å². The average Bonchev–Trinajstić information content (AvgIpc) is 2.80. The van der Waals surface area contributed by atoms with Crippen molar-refractivity contribution in [2.24, 2.45) is 5.92 Å². The molecule has 1 fully saturated rings. The van der Waals surface area contributed by atoms with Crippen LogP contribution in [0.4, 0.5) is 4.39 Å². The molecule has 0 unspecified atom stereocenters. The molecule has 0 aromatic heterocycles. The molecule has 0 N–H and O–H groups in total. The van der Waals surface area contributed by atoms with Crippen LogP contribution in [0.2, 0.25) is 5.02 Å². The Morgan fingerprint density at radius 2 is 1.58 bits per heavy atom. The van der Waals surface area contributed by atoms with Crippen LogP contribution in [0.25, 0.3) is 11.6 Å². The quantitative estimate of drug-likeness (QED) is 0.332. The maximum atomic E-state index is 13.5. The van der Waals surface area contributed by atoms with Crippen LogP contribution in [0, 0.1) is 11.7 Å². The molecule has 1 saturated heterocycles. The number of nitrogens with zero attached hydrogens (tertiary/aromatic N) is 1. The lowest BCUT2D eigenvalue weighted by atomic mass is 9.89. The number of likely N-dealkylation sites (tertiary alicyclic amines) is 1. The molecule has 3 aromatic rings. The van der Waals surface area contributed by atoms with Crippen molar-refractivity contribution >= 4 is 29.2 Å². The number of rotatable bonds is 5. The van der Waals surface area contributed by atoms with E-state index in [1.54, 1.807) is 24.3 Å². The number of hydrogen-bond acceptors (Lipinski definition) is 1. The van der Waals surface area contributed by atoms with E-state index in [4.69, 9.17) is 11.6 Å². The van der Waals surface area contributed by atoms with Gasteiger partial charge in [0.25, 0.3) is 5.91 Å². The second kappa shape index (κ2) is 9.93. The van der Waals surface area contributed by atoms with Gasteiger partial charge in [0, 0.05) is 23.7 Å². The van der Waals surface area contributed by atoms with E-state index in [9.17, 15) is 9.18 Å². The predicted molar refractivity (Wildman–Crippen MR) is 125 cm³/mol. The number of amides is 1. The first-order valence-electron chi connectivity index (χ1n) is 10.6. The van der Waals surface area contributed by atoms with Crippen LogP contribution < -0.4 is 0 Å². The molecule has 4 heteroatoms. The molecule has 158 valence electrons. The van der Waals surface area contributed by atoms with E-state index < -0.39 is 0 Å². The molecule has 1 aliphatic rings. The number of benzene rings is 3. The molecule has 0 saturated carbocycles. The molecule has 31 heavy (non-hydrogen) atoms. The van der Waals surface area contributed by atoms with E-state index in [0.29, 0.717) is 22.1 Å². The van der Waals surface area contributed by atoms with Crippen molar-refractivity contribution in [2.75, 3.05) is 13.1 Å². The minimum atomic E-state index is -0.316. The fraction of sp³-hybridized carbons (Fsp3) is 0.222. The minimum absolute atomic E-state index is 0.0141. The van der Waals surface area contributed by atoms with E-state index in [-0.39, 0.29) is 11.7 Å². The predicted octanol–water partition coefficient (Wildman–Crippen LogP) is 6.50. The lowest BCUT2D eigenvalue weighted by molar-refractivity contribution is -0.126. The monoisotopic (exact) mass is 433 g/mol. The normalized spacial score (nSPS) is 15.2. The van der Waals surface area contributed by atoms with Crippen LogP contribution in [0.3, 0.4) is 0 Å². The van der Waals surface area contributed by atoms with Crippen molar-refractivity contribution in [1.82, 2.24) is 4.90 Å². The summed E-state index contributed by atoms with van der Waals surface area (Å²) >= 11 is 6.00. The molecule has 0 spiro atoms. The molecule has 0 atom stereocenters. The molecule has 2 nitrogen and oxygen atoms in total. The number of carbonyl (C=O) groups excluding carboxylic acids is 1. The summed E-state index contributed by atoms with van der Waals surface area (Å²) in [5, 5.41) is 0.646. The fourth-order valence-electron chi connectivity index (χ4n) is 4.08. The number of piperidine rings is 1. The zero-order chi connectivity index (χ0) is 21.6. The third-order valence-electron chi connectivity index (χ3n) is 5.84. The van der Waals surface area contributed by atoms with Gasteiger partial charge < -0.3 is 4.90 Å². The maximum absolute atomic E-state index is 13.5. The molecule has 0 bridgehead atoms. The molecule has 1 heterocycles. The van der Waals surface area contributed by atoms with Crippen molar-refractivity contribution in [1.29, 1.82) is 0 Å². The summed E-state index contributed by atoms with van der Waals surface area (Å²) in [7, 11) is 0. The Labute approximate surface area is 188 Å². The van der Waals surface area contributed by atoms with Crippen molar-refractivity contribution in [2.45, 2.75) is 19.3 Å². The van der Waals surface area contributed by atoms with Gasteiger partial charge in [-0.05, 0) is 72.2 Å². The summed E-state index contributed by atoms with van der Waals surface area (Å²) < 4.78 is 13.5. The standard InChI is InChI=1S/C27H25ClFNO/c28-24-10-6-21(7-11-24)19-26(23-8-12-25(29)13-9-23)27(31)30-16-14-22(15-17-30)18-20-4-2-1-3-5-20/h1-13,19,22H,14-18H2/b26-19+. The maximum Gasteiger partial charge on any atom is 0.254 e. The summed E-state index contributed by atoms with van der Waals surface area (Å²) in [4.78, 5) is 15.4. The molecule has 4 rings (SSSR count). The molecule has 1 aliphatic heterocycles. The first kappa shape index (κ1) is 21.3. The number of halogens is 2. The van der Waals surface area contributed by atoms with Gasteiger partial charge in [0.05, 0.1) is 0 Å². The second-order valence-electron chi connectivity index (χ2n) is 8.04. The van der Waals surface area contributed by atoms with E-state index in [0.717, 1.165) is 37.9 Å². The summed E-state index contributed by atoms with van der Waals surface area (Å²) in [6.07, 6.45) is 4.88. The highest BCUT2D eigenvalue weighted by atomic mass is 35.5. The van der Waals surface area contributed by atoms with Crippen LogP contribution >= 0.6 is 11.6 Å². The van der Waals surface area contributed by atoms with Crippen molar-refractivity contribution < 1.29 is 9.18 Å². The van der Waals surface area contributed by atoms with Crippen LogP contribution in [0.5, 0.6) is 0 Å². The molecule has 3 aromatic carbocycles. The Kier molecular flexibility index (Phi) is 6.83. The van der Waals surface area contributed by atoms with Crippen LogP contribution in [-0.4, -0.2) is 23.9 Å². The summed E-state index contributed by atoms with van der Waals surface area (Å²) in [5.41, 5.74) is 3.52. The molecular weight excluding hydrogens is 409 g/mol. The second-order valence-corrected chi connectivity index (χ2v) is 8.48. The molecular formula is C27H25ClFNO. The van der Waals surface area contributed by atoms with Gasteiger partial charge in [-0.15, -0.1) is 0 Å². The molecule has 0 aliphatic carbocycles. The first-order chi connectivity index (χ1) is 15.1. The highest BCUT2D eigenvalue weighted by Crippen LogP contribution is 2.27. The highest BCUT2D eigenvalue weighted by molar-refractivity contribution is 6.30. The Bertz CT molecular complexity index is 1040. The minimum Gasteiger partial charge on any atom is -0.339 e. The van der Waals surface area contributed by atoms with Crippen molar-refractivity contribution in [3.63, 3.8) is 0 Å². The largest absolute Gasteiger partial charge is 0.339 e. The first-order valence-corrected chi connectivity index (χ1v) is 11.0. The highest BCUT2D eigenvalue weighted by Gasteiger charge is 2.25. The summed E-state index contributed by atoms with van der Waals surface area (Å²) in [6, 6.07) is 24.0. The number of hydrogen-bond donors (Lipinski definition) is 0. The number of carbonyl (C=O) groups is 1. The summed E-state index contributed by atoms with van der Waals surface area (Å²) in [5.74, 6) is 0.254. The summed E-state index contributed by atoms with van der Waals surface area (Å²) in [6.45, 7) is 1.46. The average molecular weight is 434 g/mol. The van der Waals surface area contributed by atoms with E-state index in [1.807, 2.05) is 29.2 Å². The Balaban J connectivity index is 1.51. The van der Waals surface area contributed by atoms with E-state index in [2.05, 4.69) is 24.3 Å². The lowest BCUT2D eigenvalue weighted by Gasteiger charge is -2.33. The fourth-order valence-corrected chi connectivity index (χ4v) is 4.21. The van der Waals surface area contributed by atoms with Gasteiger partial charge in [-0.3, -0.25) is 4.79 Å². The Morgan fingerprint density at radius 3 is 2.23 bits per heavy atom. The van der Waals surface area contributed by atoms with E-state index in [1.165, 1.54) is 17.7 Å². The van der Waals surface area contributed by atoms with Crippen LogP contribution in [0.15, 0.2) is 78.9 Å². The Hall–Kier alpha value is -2.91. The van der Waals surface area contributed by atoms with Gasteiger partial charge >= 0.3 is 0 Å². The van der Waals surface area contributed by atoms with Gasteiger partial charge in [-0.25, -0.2) is 4.39 Å². The molecule has 0 radical (unpaired) electrons. The van der Waals surface area contributed by atoms with Gasteiger partial charge in [-0.2, -0.15) is 0 Å². The lowest BCUT2D eigenvalue weighted by Crippen LogP contribution is -2.39. The Morgan fingerprint density at radius 1 is 0.935 bits per heavy atom. The molecule has 1 amide bonds. The van der Waals surface area contributed by atoms with Crippen LogP contribution in [0.1, 0.15) is 29.5 Å². The van der Waals surface area contributed by atoms with Gasteiger partial charge in [0.2, 0.25) is 0 Å². The smallest absolute Gasteiger partial charge is 0.254 e. The third-order valence-corrected chi connectivity index (χ3v) is 6.09. The third kappa shape index (κ3) is 5.62. The zero-order valence-electron chi connectivity index (χ0n) is 17.3.